The number of thioether (sulfide) groups is 1. The van der Waals surface area contributed by atoms with Crippen molar-refractivity contribution in [2.75, 3.05) is 12.3 Å². The first-order chi connectivity index (χ1) is 10.2. The van der Waals surface area contributed by atoms with Crippen LogP contribution in [-0.4, -0.2) is 18.2 Å². The van der Waals surface area contributed by atoms with Crippen LogP contribution in [0.5, 0.6) is 0 Å². The minimum atomic E-state index is -0.0633. The third-order valence-corrected chi connectivity index (χ3v) is 4.13. The summed E-state index contributed by atoms with van der Waals surface area (Å²) in [6.07, 6.45) is 1.43. The Morgan fingerprint density at radius 1 is 1.24 bits per heavy atom. The number of pyridine rings is 1. The Kier molecular flexibility index (Phi) is 5.63. The van der Waals surface area contributed by atoms with Gasteiger partial charge in [-0.3, -0.25) is 4.79 Å². The highest BCUT2D eigenvalue weighted by Crippen LogP contribution is 2.14. The van der Waals surface area contributed by atoms with Crippen molar-refractivity contribution in [1.82, 2.24) is 5.32 Å². The van der Waals surface area contributed by atoms with Gasteiger partial charge in [0.25, 0.3) is 5.03 Å². The second-order valence-corrected chi connectivity index (χ2v) is 5.76. The van der Waals surface area contributed by atoms with Crippen LogP contribution < -0.4 is 10.0 Å². The molecule has 1 amide bonds. The molecule has 1 N–H and O–H groups in total. The van der Waals surface area contributed by atoms with Gasteiger partial charge in [0.15, 0.2) is 6.20 Å². The van der Waals surface area contributed by atoms with Crippen LogP contribution in [-0.2, 0) is 4.79 Å². The van der Waals surface area contributed by atoms with Gasteiger partial charge in [0.1, 0.15) is 0 Å². The van der Waals surface area contributed by atoms with Crippen LogP contribution in [0.2, 0.25) is 0 Å². The predicted octanol–water partition coefficient (Wildman–Crippen LogP) is 2.33. The Bertz CT molecular complexity index is 590. The number of carbonyl (C=O) groups is 1. The van der Waals surface area contributed by atoms with Crippen LogP contribution in [0.1, 0.15) is 18.4 Å². The molecule has 1 heterocycles. The fourth-order valence-corrected chi connectivity index (χ4v) is 2.63. The maximum atomic E-state index is 11.8. The average Bonchev–Trinajstić information content (AvgIpc) is 2.52. The minimum absolute atomic E-state index is 0.0633. The van der Waals surface area contributed by atoms with Gasteiger partial charge >= 0.3 is 0 Å². The van der Waals surface area contributed by atoms with Gasteiger partial charge in [-0.05, 0) is 29.3 Å². The molecule has 1 aromatic heterocycles. The molecule has 0 spiro atoms. The van der Waals surface area contributed by atoms with E-state index in [0.717, 1.165) is 4.73 Å². The molecule has 0 saturated carbocycles. The Balaban J connectivity index is 1.76. The van der Waals surface area contributed by atoms with Gasteiger partial charge in [-0.2, -0.15) is 4.73 Å². The van der Waals surface area contributed by atoms with Crippen molar-refractivity contribution in [1.29, 1.82) is 0 Å². The number of nitrogens with one attached hydrogen (secondary N) is 1. The number of rotatable bonds is 6. The minimum Gasteiger partial charge on any atom is -0.618 e. The van der Waals surface area contributed by atoms with E-state index in [2.05, 4.69) is 24.4 Å². The lowest BCUT2D eigenvalue weighted by Crippen LogP contribution is -2.31. The standard InChI is InChI=1S/C16H18N2O2S/c1-13(14-7-3-2-4-8-14)11-17-15(19)12-21-16-9-5-6-10-18(16)20/h2-10,13H,11-12H2,1H3,(H,17,19)/t13-/m1/s1. The molecule has 0 aliphatic carbocycles. The molecule has 0 fully saturated rings. The van der Waals surface area contributed by atoms with Crippen molar-refractivity contribution in [3.63, 3.8) is 0 Å². The van der Waals surface area contributed by atoms with Gasteiger partial charge < -0.3 is 10.5 Å². The maximum Gasteiger partial charge on any atom is 0.251 e. The van der Waals surface area contributed by atoms with E-state index in [0.29, 0.717) is 11.6 Å². The van der Waals surface area contributed by atoms with Crippen LogP contribution >= 0.6 is 11.8 Å². The second-order valence-electron chi connectivity index (χ2n) is 4.77. The van der Waals surface area contributed by atoms with Gasteiger partial charge in [-0.1, -0.05) is 37.3 Å². The van der Waals surface area contributed by atoms with E-state index < -0.39 is 0 Å². The molecule has 2 aromatic rings. The Morgan fingerprint density at radius 3 is 2.67 bits per heavy atom. The number of nitrogens with zero attached hydrogens (tertiary/aromatic N) is 1. The Hall–Kier alpha value is -2.01. The van der Waals surface area contributed by atoms with Gasteiger partial charge in [-0.25, -0.2) is 0 Å². The van der Waals surface area contributed by atoms with E-state index in [9.17, 15) is 10.0 Å². The second kappa shape index (κ2) is 7.69. The lowest BCUT2D eigenvalue weighted by Gasteiger charge is -2.12. The summed E-state index contributed by atoms with van der Waals surface area (Å²) >= 11 is 1.24. The van der Waals surface area contributed by atoms with Gasteiger partial charge in [0, 0.05) is 18.7 Å². The van der Waals surface area contributed by atoms with E-state index in [1.807, 2.05) is 18.2 Å². The number of hydrogen-bond donors (Lipinski definition) is 1. The van der Waals surface area contributed by atoms with Crippen LogP contribution in [0.15, 0.2) is 59.8 Å². The molecule has 21 heavy (non-hydrogen) atoms. The van der Waals surface area contributed by atoms with Crippen molar-refractivity contribution in [2.24, 2.45) is 0 Å². The summed E-state index contributed by atoms with van der Waals surface area (Å²) < 4.78 is 0.768. The molecule has 5 heteroatoms. The summed E-state index contributed by atoms with van der Waals surface area (Å²) in [6, 6.07) is 15.2. The topological polar surface area (TPSA) is 56.0 Å². The molecule has 1 aromatic carbocycles. The van der Waals surface area contributed by atoms with Crippen LogP contribution in [0, 0.1) is 5.21 Å². The SMILES string of the molecule is C[C@H](CNC(=O)CSc1cccc[n+]1[O-])c1ccccc1. The zero-order chi connectivity index (χ0) is 15.1. The molecule has 0 unspecified atom stereocenters. The zero-order valence-electron chi connectivity index (χ0n) is 11.9. The highest BCUT2D eigenvalue weighted by Gasteiger charge is 2.10. The molecule has 4 nitrogen and oxygen atoms in total. The number of carbonyl (C=O) groups excluding carboxylic acids is 1. The van der Waals surface area contributed by atoms with Crippen molar-refractivity contribution in [2.45, 2.75) is 17.9 Å². The molecule has 110 valence electrons. The molecule has 0 aliphatic heterocycles. The largest absolute Gasteiger partial charge is 0.618 e. The average molecular weight is 302 g/mol. The van der Waals surface area contributed by atoms with E-state index in [-0.39, 0.29) is 17.6 Å². The summed E-state index contributed by atoms with van der Waals surface area (Å²) in [6.45, 7) is 2.67. The monoisotopic (exact) mass is 302 g/mol. The summed E-state index contributed by atoms with van der Waals surface area (Å²) in [5, 5.41) is 14.9. The summed E-state index contributed by atoms with van der Waals surface area (Å²) in [7, 11) is 0. The maximum absolute atomic E-state index is 11.8. The first-order valence-corrected chi connectivity index (χ1v) is 7.78. The first-order valence-electron chi connectivity index (χ1n) is 6.79. The summed E-state index contributed by atoms with van der Waals surface area (Å²) in [5.74, 6) is 0.446. The van der Waals surface area contributed by atoms with E-state index in [1.54, 1.807) is 18.2 Å². The molecule has 0 saturated heterocycles. The van der Waals surface area contributed by atoms with Gasteiger partial charge in [-0.15, -0.1) is 0 Å². The van der Waals surface area contributed by atoms with E-state index in [4.69, 9.17) is 0 Å². The molecule has 0 aliphatic rings. The quantitative estimate of drug-likeness (QED) is 0.506. The summed E-state index contributed by atoms with van der Waals surface area (Å²) in [4.78, 5) is 11.8. The van der Waals surface area contributed by atoms with Crippen LogP contribution in [0.25, 0.3) is 0 Å². The first kappa shape index (κ1) is 15.4. The molecule has 1 atom stereocenters. The van der Waals surface area contributed by atoms with E-state index in [1.165, 1.54) is 23.5 Å². The molecule has 0 bridgehead atoms. The predicted molar refractivity (Wildman–Crippen MR) is 84.0 cm³/mol. The number of amides is 1. The van der Waals surface area contributed by atoms with Gasteiger partial charge in [0.2, 0.25) is 5.91 Å². The molecular formula is C16H18N2O2S. The molecular weight excluding hydrogens is 284 g/mol. The van der Waals surface area contributed by atoms with Gasteiger partial charge in [0.05, 0.1) is 5.75 Å². The molecule has 0 radical (unpaired) electrons. The third kappa shape index (κ3) is 4.79. The van der Waals surface area contributed by atoms with Crippen LogP contribution in [0.4, 0.5) is 0 Å². The fourth-order valence-electron chi connectivity index (χ4n) is 1.88. The number of aromatic nitrogens is 1. The zero-order valence-corrected chi connectivity index (χ0v) is 12.7. The van der Waals surface area contributed by atoms with Crippen molar-refractivity contribution >= 4 is 17.7 Å². The van der Waals surface area contributed by atoms with E-state index >= 15 is 0 Å². The highest BCUT2D eigenvalue weighted by molar-refractivity contribution is 7.99. The Labute approximate surface area is 128 Å². The van der Waals surface area contributed by atoms with Crippen molar-refractivity contribution in [3.8, 4) is 0 Å². The summed E-state index contributed by atoms with van der Waals surface area (Å²) in [5.41, 5.74) is 1.20. The number of hydrogen-bond acceptors (Lipinski definition) is 3. The normalized spacial score (nSPS) is 11.9. The van der Waals surface area contributed by atoms with Crippen LogP contribution in [0.3, 0.4) is 0 Å². The Morgan fingerprint density at radius 2 is 1.95 bits per heavy atom. The lowest BCUT2D eigenvalue weighted by molar-refractivity contribution is -0.645. The van der Waals surface area contributed by atoms with Crippen molar-refractivity contribution in [3.05, 3.63) is 65.5 Å². The lowest BCUT2D eigenvalue weighted by atomic mass is 10.0. The number of benzene rings is 1. The molecule has 2 rings (SSSR count). The fraction of sp³-hybridized carbons (Fsp3) is 0.250. The third-order valence-electron chi connectivity index (χ3n) is 3.11. The smallest absolute Gasteiger partial charge is 0.251 e. The highest BCUT2D eigenvalue weighted by atomic mass is 32.2. The van der Waals surface area contributed by atoms with Crippen molar-refractivity contribution < 1.29 is 9.52 Å².